The third-order valence-electron chi connectivity index (χ3n) is 4.44. The number of carbonyl (C=O) groups excluding carboxylic acids is 1. The highest BCUT2D eigenvalue weighted by atomic mass is 35.5. The molecule has 1 aliphatic heterocycles. The first-order valence-corrected chi connectivity index (χ1v) is 8.54. The zero-order valence-electron chi connectivity index (χ0n) is 14.3. The van der Waals surface area contributed by atoms with Crippen molar-refractivity contribution in [2.24, 2.45) is 0 Å². The van der Waals surface area contributed by atoms with Gasteiger partial charge in [0, 0.05) is 18.7 Å². The van der Waals surface area contributed by atoms with Crippen LogP contribution in [-0.4, -0.2) is 41.9 Å². The summed E-state index contributed by atoms with van der Waals surface area (Å²) in [6, 6.07) is 5.49. The van der Waals surface area contributed by atoms with Crippen molar-refractivity contribution in [3.63, 3.8) is 0 Å². The fourth-order valence-corrected chi connectivity index (χ4v) is 3.00. The van der Waals surface area contributed by atoms with Gasteiger partial charge < -0.3 is 9.64 Å². The number of ketones is 1. The third kappa shape index (κ3) is 3.75. The number of rotatable bonds is 4. The second-order valence-electron chi connectivity index (χ2n) is 6.13. The Labute approximate surface area is 151 Å². The molecule has 7 heteroatoms. The predicted molar refractivity (Wildman–Crippen MR) is 96.8 cm³/mol. The Morgan fingerprint density at radius 3 is 2.64 bits per heavy atom. The Morgan fingerprint density at radius 1 is 1.24 bits per heavy atom. The van der Waals surface area contributed by atoms with Crippen LogP contribution in [0, 0.1) is 13.8 Å². The van der Waals surface area contributed by atoms with Gasteiger partial charge in [-0.25, -0.2) is 4.68 Å². The van der Waals surface area contributed by atoms with Gasteiger partial charge >= 0.3 is 0 Å². The van der Waals surface area contributed by atoms with E-state index in [2.05, 4.69) is 5.10 Å². The molecule has 3 rings (SSSR count). The number of halogens is 1. The predicted octanol–water partition coefficient (Wildman–Crippen LogP) is 2.23. The second-order valence-corrected chi connectivity index (χ2v) is 6.51. The Hall–Kier alpha value is -2.18. The highest BCUT2D eigenvalue weighted by molar-refractivity contribution is 6.33. The summed E-state index contributed by atoms with van der Waals surface area (Å²) in [7, 11) is 0. The number of ether oxygens (including phenoxy) is 1. The lowest BCUT2D eigenvalue weighted by Crippen LogP contribution is -2.38. The Kier molecular flexibility index (Phi) is 5.20. The number of hydrogen-bond donors (Lipinski definition) is 0. The van der Waals surface area contributed by atoms with Crippen LogP contribution in [-0.2, 0) is 11.3 Å². The van der Waals surface area contributed by atoms with Crippen molar-refractivity contribution in [3.05, 3.63) is 56.5 Å². The van der Waals surface area contributed by atoms with Gasteiger partial charge in [0.05, 0.1) is 25.1 Å². The lowest BCUT2D eigenvalue weighted by molar-refractivity contribution is 0.0965. The van der Waals surface area contributed by atoms with Gasteiger partial charge in [-0.1, -0.05) is 23.7 Å². The molecular formula is C18H20ClN3O3. The third-order valence-corrected chi connectivity index (χ3v) is 4.80. The molecule has 2 heterocycles. The van der Waals surface area contributed by atoms with Gasteiger partial charge in [-0.05, 0) is 31.0 Å². The lowest BCUT2D eigenvalue weighted by atomic mass is 10.0. The van der Waals surface area contributed by atoms with Crippen LogP contribution in [0.5, 0.6) is 0 Å². The molecule has 1 aromatic heterocycles. The lowest BCUT2D eigenvalue weighted by Gasteiger charge is -2.29. The van der Waals surface area contributed by atoms with E-state index in [0.717, 1.165) is 15.8 Å². The summed E-state index contributed by atoms with van der Waals surface area (Å²) < 4.78 is 6.42. The summed E-state index contributed by atoms with van der Waals surface area (Å²) in [4.78, 5) is 26.9. The maximum Gasteiger partial charge on any atom is 0.288 e. The minimum absolute atomic E-state index is 0.0878. The molecule has 1 fully saturated rings. The van der Waals surface area contributed by atoms with Crippen LogP contribution in [0.15, 0.2) is 29.2 Å². The smallest absolute Gasteiger partial charge is 0.288 e. The van der Waals surface area contributed by atoms with Crippen molar-refractivity contribution in [1.29, 1.82) is 0 Å². The molecule has 0 amide bonds. The second kappa shape index (κ2) is 7.37. The molecule has 6 nitrogen and oxygen atoms in total. The molecule has 1 saturated heterocycles. The number of benzene rings is 1. The van der Waals surface area contributed by atoms with E-state index in [1.165, 1.54) is 0 Å². The number of aryl methyl sites for hydroxylation is 2. The van der Waals surface area contributed by atoms with Crippen molar-refractivity contribution >= 4 is 23.1 Å². The van der Waals surface area contributed by atoms with E-state index in [4.69, 9.17) is 16.3 Å². The van der Waals surface area contributed by atoms with Gasteiger partial charge in [0.25, 0.3) is 5.56 Å². The number of Topliss-reactive ketones (excluding diaryl/α,β-unsaturated/α-hetero) is 1. The molecule has 0 saturated carbocycles. The highest BCUT2D eigenvalue weighted by Gasteiger charge is 2.19. The molecular weight excluding hydrogens is 342 g/mol. The molecule has 0 radical (unpaired) electrons. The summed E-state index contributed by atoms with van der Waals surface area (Å²) in [5, 5.41) is 4.22. The topological polar surface area (TPSA) is 64.4 Å². The van der Waals surface area contributed by atoms with Crippen LogP contribution in [0.3, 0.4) is 0 Å². The van der Waals surface area contributed by atoms with Crippen molar-refractivity contribution < 1.29 is 9.53 Å². The van der Waals surface area contributed by atoms with Crippen LogP contribution in [0.4, 0.5) is 5.69 Å². The molecule has 132 valence electrons. The van der Waals surface area contributed by atoms with Gasteiger partial charge in [0.2, 0.25) is 0 Å². The molecule has 25 heavy (non-hydrogen) atoms. The van der Waals surface area contributed by atoms with Crippen LogP contribution in [0.1, 0.15) is 21.5 Å². The molecule has 0 unspecified atom stereocenters. The monoisotopic (exact) mass is 361 g/mol. The SMILES string of the molecule is Cc1ccc(C(=O)Cn2ncc(N3CCOCC3)c(Cl)c2=O)cc1C. The first-order chi connectivity index (χ1) is 12.0. The Morgan fingerprint density at radius 2 is 1.96 bits per heavy atom. The first kappa shape index (κ1) is 17.6. The van der Waals surface area contributed by atoms with Gasteiger partial charge in [-0.3, -0.25) is 9.59 Å². The summed E-state index contributed by atoms with van der Waals surface area (Å²) >= 11 is 6.24. The molecule has 0 bridgehead atoms. The highest BCUT2D eigenvalue weighted by Crippen LogP contribution is 2.21. The number of morpholine rings is 1. The summed E-state index contributed by atoms with van der Waals surface area (Å²) in [6.07, 6.45) is 1.54. The summed E-state index contributed by atoms with van der Waals surface area (Å²) in [5.74, 6) is -0.173. The van der Waals surface area contributed by atoms with Crippen molar-refractivity contribution in [2.75, 3.05) is 31.2 Å². The summed E-state index contributed by atoms with van der Waals surface area (Å²) in [6.45, 7) is 6.29. The molecule has 0 spiro atoms. The molecule has 1 aliphatic rings. The van der Waals surface area contributed by atoms with Crippen molar-refractivity contribution in [1.82, 2.24) is 9.78 Å². The van der Waals surface area contributed by atoms with Crippen LogP contribution < -0.4 is 10.5 Å². The zero-order chi connectivity index (χ0) is 18.0. The van der Waals surface area contributed by atoms with Crippen LogP contribution >= 0.6 is 11.6 Å². The van der Waals surface area contributed by atoms with Gasteiger partial charge in [-0.15, -0.1) is 0 Å². The van der Waals surface area contributed by atoms with Gasteiger partial charge in [-0.2, -0.15) is 5.10 Å². The Bertz CT molecular complexity index is 857. The van der Waals surface area contributed by atoms with Crippen LogP contribution in [0.2, 0.25) is 5.02 Å². The van der Waals surface area contributed by atoms with E-state index in [0.29, 0.717) is 37.6 Å². The van der Waals surface area contributed by atoms with E-state index in [1.54, 1.807) is 12.3 Å². The number of aromatic nitrogens is 2. The van der Waals surface area contributed by atoms with Gasteiger partial charge in [0.1, 0.15) is 11.6 Å². The van der Waals surface area contributed by atoms with Crippen molar-refractivity contribution in [3.8, 4) is 0 Å². The average molecular weight is 362 g/mol. The molecule has 2 aromatic rings. The minimum Gasteiger partial charge on any atom is -0.378 e. The fourth-order valence-electron chi connectivity index (χ4n) is 2.74. The van der Waals surface area contributed by atoms with E-state index in [9.17, 15) is 9.59 Å². The quantitative estimate of drug-likeness (QED) is 0.781. The van der Waals surface area contributed by atoms with Crippen molar-refractivity contribution in [2.45, 2.75) is 20.4 Å². The molecule has 0 atom stereocenters. The number of anilines is 1. The van der Waals surface area contributed by atoms with E-state index < -0.39 is 5.56 Å². The molecule has 0 aliphatic carbocycles. The minimum atomic E-state index is -0.456. The Balaban J connectivity index is 1.83. The largest absolute Gasteiger partial charge is 0.378 e. The van der Waals surface area contributed by atoms with E-state index in [1.807, 2.05) is 30.9 Å². The molecule has 1 aromatic carbocycles. The maximum atomic E-state index is 12.5. The number of carbonyl (C=O) groups is 1. The number of hydrogen-bond acceptors (Lipinski definition) is 5. The van der Waals surface area contributed by atoms with Crippen LogP contribution in [0.25, 0.3) is 0 Å². The average Bonchev–Trinajstić information content (AvgIpc) is 2.62. The zero-order valence-corrected chi connectivity index (χ0v) is 15.0. The fraction of sp³-hybridized carbons (Fsp3) is 0.389. The van der Waals surface area contributed by atoms with E-state index in [-0.39, 0.29) is 17.4 Å². The van der Waals surface area contributed by atoms with Gasteiger partial charge in [0.15, 0.2) is 5.78 Å². The number of nitrogens with zero attached hydrogens (tertiary/aromatic N) is 3. The normalized spacial score (nSPS) is 14.6. The maximum absolute atomic E-state index is 12.5. The first-order valence-electron chi connectivity index (χ1n) is 8.16. The summed E-state index contributed by atoms with van der Waals surface area (Å²) in [5.41, 5.74) is 2.84. The van der Waals surface area contributed by atoms with E-state index >= 15 is 0 Å². The molecule has 0 N–H and O–H groups in total. The standard InChI is InChI=1S/C18H20ClN3O3/c1-12-3-4-14(9-13(12)2)16(23)11-22-18(24)17(19)15(10-20-22)21-5-7-25-8-6-21/h3-4,9-10H,5-8,11H2,1-2H3.